The van der Waals surface area contributed by atoms with Crippen molar-refractivity contribution in [3.8, 4) is 11.5 Å². The molecule has 25 heavy (non-hydrogen) atoms. The zero-order valence-electron chi connectivity index (χ0n) is 14.6. The van der Waals surface area contributed by atoms with Crippen LogP contribution in [0.25, 0.3) is 11.0 Å². The van der Waals surface area contributed by atoms with Crippen LogP contribution in [0.5, 0.6) is 11.5 Å². The number of rotatable bonds is 6. The molecule has 5 nitrogen and oxygen atoms in total. The number of benzene rings is 2. The molecule has 1 aromatic heterocycles. The van der Waals surface area contributed by atoms with E-state index in [0.29, 0.717) is 30.2 Å². The molecule has 0 atom stereocenters. The molecule has 0 bridgehead atoms. The Hall–Kier alpha value is -2.95. The second-order valence-corrected chi connectivity index (χ2v) is 5.56. The van der Waals surface area contributed by atoms with Crippen LogP contribution in [0.1, 0.15) is 30.0 Å². The highest BCUT2D eigenvalue weighted by atomic mass is 16.5. The normalized spacial score (nSPS) is 10.7. The molecule has 3 aromatic rings. The number of anilines is 1. The lowest BCUT2D eigenvalue weighted by atomic mass is 10.1. The summed E-state index contributed by atoms with van der Waals surface area (Å²) in [5, 5.41) is 3.73. The molecule has 1 amide bonds. The van der Waals surface area contributed by atoms with E-state index in [9.17, 15) is 4.79 Å². The summed E-state index contributed by atoms with van der Waals surface area (Å²) in [6.45, 7) is 6.93. The molecule has 0 radical (unpaired) electrons. The van der Waals surface area contributed by atoms with Crippen LogP contribution in [0.2, 0.25) is 0 Å². The van der Waals surface area contributed by atoms with Crippen LogP contribution in [0.15, 0.2) is 46.9 Å². The van der Waals surface area contributed by atoms with E-state index < -0.39 is 0 Å². The molecule has 0 saturated heterocycles. The summed E-state index contributed by atoms with van der Waals surface area (Å²) in [5.74, 6) is 1.55. The molecule has 130 valence electrons. The highest BCUT2D eigenvalue weighted by molar-refractivity contribution is 6.06. The van der Waals surface area contributed by atoms with Crippen LogP contribution in [0.3, 0.4) is 0 Å². The molecule has 2 aromatic carbocycles. The number of nitrogens with one attached hydrogen (secondary N) is 1. The van der Waals surface area contributed by atoms with Gasteiger partial charge in [-0.05, 0) is 63.2 Å². The summed E-state index contributed by atoms with van der Waals surface area (Å²) in [4.78, 5) is 12.6. The third kappa shape index (κ3) is 3.60. The number of fused-ring (bicyclic) bond motifs is 1. The van der Waals surface area contributed by atoms with Crippen molar-refractivity contribution >= 4 is 22.6 Å². The molecule has 1 heterocycles. The molecule has 0 saturated carbocycles. The predicted octanol–water partition coefficient (Wildman–Crippen LogP) is 4.79. The minimum absolute atomic E-state index is 0.282. The Morgan fingerprint density at radius 3 is 2.32 bits per heavy atom. The Balaban J connectivity index is 1.82. The van der Waals surface area contributed by atoms with Crippen molar-refractivity contribution in [2.45, 2.75) is 20.8 Å². The van der Waals surface area contributed by atoms with Crippen molar-refractivity contribution in [3.63, 3.8) is 0 Å². The van der Waals surface area contributed by atoms with Crippen molar-refractivity contribution in [1.29, 1.82) is 0 Å². The zero-order chi connectivity index (χ0) is 17.8. The van der Waals surface area contributed by atoms with E-state index in [1.54, 1.807) is 12.1 Å². The monoisotopic (exact) mass is 339 g/mol. The topological polar surface area (TPSA) is 60.7 Å². The summed E-state index contributed by atoms with van der Waals surface area (Å²) < 4.78 is 16.6. The fraction of sp³-hybridized carbons (Fsp3) is 0.250. The Morgan fingerprint density at radius 2 is 1.64 bits per heavy atom. The average molecular weight is 339 g/mol. The fourth-order valence-corrected chi connectivity index (χ4v) is 2.66. The van der Waals surface area contributed by atoms with Gasteiger partial charge in [0.25, 0.3) is 5.91 Å². The minimum atomic E-state index is -0.282. The summed E-state index contributed by atoms with van der Waals surface area (Å²) in [7, 11) is 0. The molecule has 0 aliphatic heterocycles. The number of aryl methyl sites for hydroxylation is 1. The van der Waals surface area contributed by atoms with Gasteiger partial charge in [-0.3, -0.25) is 4.79 Å². The number of carbonyl (C=O) groups is 1. The Bertz CT molecular complexity index is 881. The molecule has 1 N–H and O–H groups in total. The van der Waals surface area contributed by atoms with Crippen LogP contribution in [0.4, 0.5) is 5.69 Å². The number of hydrogen-bond donors (Lipinski definition) is 1. The predicted molar refractivity (Wildman–Crippen MR) is 97.7 cm³/mol. The van der Waals surface area contributed by atoms with Gasteiger partial charge in [0.05, 0.1) is 13.2 Å². The molecule has 5 heteroatoms. The summed E-state index contributed by atoms with van der Waals surface area (Å²) in [6, 6.07) is 12.8. The smallest absolute Gasteiger partial charge is 0.291 e. The van der Waals surface area contributed by atoms with Crippen LogP contribution in [0, 0.1) is 6.92 Å². The van der Waals surface area contributed by atoms with Crippen LogP contribution >= 0.6 is 0 Å². The van der Waals surface area contributed by atoms with Gasteiger partial charge in [-0.15, -0.1) is 0 Å². The molecule has 0 aliphatic carbocycles. The van der Waals surface area contributed by atoms with Gasteiger partial charge in [0.15, 0.2) is 5.76 Å². The van der Waals surface area contributed by atoms with Crippen molar-refractivity contribution in [3.05, 3.63) is 53.8 Å². The van der Waals surface area contributed by atoms with Gasteiger partial charge >= 0.3 is 0 Å². The lowest BCUT2D eigenvalue weighted by Gasteiger charge is -2.06. The molecule has 0 fully saturated rings. The average Bonchev–Trinajstić information content (AvgIpc) is 2.94. The first-order valence-corrected chi connectivity index (χ1v) is 8.32. The van der Waals surface area contributed by atoms with Crippen LogP contribution in [-0.2, 0) is 0 Å². The second-order valence-electron chi connectivity index (χ2n) is 5.56. The molecule has 0 spiro atoms. The number of hydrogen-bond acceptors (Lipinski definition) is 4. The van der Waals surface area contributed by atoms with Gasteiger partial charge in [0.1, 0.15) is 17.1 Å². The fourth-order valence-electron chi connectivity index (χ4n) is 2.66. The molecule has 3 rings (SSSR count). The van der Waals surface area contributed by atoms with Crippen LogP contribution < -0.4 is 14.8 Å². The van der Waals surface area contributed by atoms with Gasteiger partial charge in [-0.2, -0.15) is 0 Å². The van der Waals surface area contributed by atoms with Crippen molar-refractivity contribution < 1.29 is 18.7 Å². The van der Waals surface area contributed by atoms with Gasteiger partial charge in [0, 0.05) is 16.6 Å². The summed E-state index contributed by atoms with van der Waals surface area (Å²) >= 11 is 0. The first-order chi connectivity index (χ1) is 12.1. The highest BCUT2D eigenvalue weighted by Crippen LogP contribution is 2.29. The van der Waals surface area contributed by atoms with Gasteiger partial charge in [0.2, 0.25) is 0 Å². The van der Waals surface area contributed by atoms with Crippen molar-refractivity contribution in [1.82, 2.24) is 0 Å². The molecular weight excluding hydrogens is 318 g/mol. The van der Waals surface area contributed by atoms with E-state index in [1.807, 2.05) is 51.1 Å². The van der Waals surface area contributed by atoms with E-state index in [1.165, 1.54) is 0 Å². The lowest BCUT2D eigenvalue weighted by molar-refractivity contribution is 0.0998. The SMILES string of the molecule is CCOc1ccc(NC(=O)c2oc3ccc(OCC)cc3c2C)cc1. The van der Waals surface area contributed by atoms with E-state index >= 15 is 0 Å². The Kier molecular flexibility index (Phi) is 4.93. The molecule has 0 aliphatic rings. The molecule has 0 unspecified atom stereocenters. The quantitative estimate of drug-likeness (QED) is 0.701. The van der Waals surface area contributed by atoms with Crippen molar-refractivity contribution in [2.75, 3.05) is 18.5 Å². The number of furan rings is 1. The number of amides is 1. The van der Waals surface area contributed by atoms with E-state index in [2.05, 4.69) is 5.32 Å². The molecular formula is C20H21NO4. The maximum Gasteiger partial charge on any atom is 0.291 e. The van der Waals surface area contributed by atoms with E-state index in [0.717, 1.165) is 22.4 Å². The second kappa shape index (κ2) is 7.30. The van der Waals surface area contributed by atoms with Gasteiger partial charge in [-0.25, -0.2) is 0 Å². The zero-order valence-corrected chi connectivity index (χ0v) is 14.6. The van der Waals surface area contributed by atoms with Gasteiger partial charge < -0.3 is 19.2 Å². The number of carbonyl (C=O) groups excluding carboxylic acids is 1. The summed E-state index contributed by atoms with van der Waals surface area (Å²) in [6.07, 6.45) is 0. The first kappa shape index (κ1) is 16.9. The van der Waals surface area contributed by atoms with Crippen molar-refractivity contribution in [2.24, 2.45) is 0 Å². The van der Waals surface area contributed by atoms with Gasteiger partial charge in [-0.1, -0.05) is 0 Å². The van der Waals surface area contributed by atoms with E-state index in [-0.39, 0.29) is 5.91 Å². The highest BCUT2D eigenvalue weighted by Gasteiger charge is 2.18. The third-order valence-electron chi connectivity index (χ3n) is 3.85. The lowest BCUT2D eigenvalue weighted by Crippen LogP contribution is -2.12. The maximum atomic E-state index is 12.6. The van der Waals surface area contributed by atoms with E-state index in [4.69, 9.17) is 13.9 Å². The first-order valence-electron chi connectivity index (χ1n) is 8.32. The largest absolute Gasteiger partial charge is 0.494 e. The summed E-state index contributed by atoms with van der Waals surface area (Å²) in [5.41, 5.74) is 2.14. The minimum Gasteiger partial charge on any atom is -0.494 e. The Morgan fingerprint density at radius 1 is 1.00 bits per heavy atom. The third-order valence-corrected chi connectivity index (χ3v) is 3.85. The Labute approximate surface area is 146 Å². The number of ether oxygens (including phenoxy) is 2. The standard InChI is InChI=1S/C20H21NO4/c1-4-23-15-8-6-14(7-9-15)21-20(22)19-13(3)17-12-16(24-5-2)10-11-18(17)25-19/h6-12H,4-5H2,1-3H3,(H,21,22). The maximum absolute atomic E-state index is 12.6. The van der Waals surface area contributed by atoms with Crippen LogP contribution in [-0.4, -0.2) is 19.1 Å².